The van der Waals surface area contributed by atoms with Gasteiger partial charge in [0.2, 0.25) is 0 Å². The fraction of sp³-hybridized carbons (Fsp3) is 0.462. The van der Waals surface area contributed by atoms with Gasteiger partial charge in [0.05, 0.1) is 13.2 Å². The number of esters is 1. The Labute approximate surface area is 101 Å². The fourth-order valence-corrected chi connectivity index (χ4v) is 1.49. The number of hydrogen-bond acceptors (Lipinski definition) is 4. The second-order valence-corrected chi connectivity index (χ2v) is 3.53. The lowest BCUT2D eigenvalue weighted by atomic mass is 10.1. The van der Waals surface area contributed by atoms with Crippen LogP contribution in [-0.2, 0) is 16.0 Å². The van der Waals surface area contributed by atoms with Crippen molar-refractivity contribution >= 4 is 5.97 Å². The van der Waals surface area contributed by atoms with Crippen LogP contribution < -0.4 is 4.74 Å². The zero-order chi connectivity index (χ0) is 12.7. The summed E-state index contributed by atoms with van der Waals surface area (Å²) in [6.07, 6.45) is 0.711. The molecule has 17 heavy (non-hydrogen) atoms. The highest BCUT2D eigenvalue weighted by atomic mass is 16.5. The topological polar surface area (TPSA) is 55.8 Å². The van der Waals surface area contributed by atoms with E-state index in [1.54, 1.807) is 25.1 Å². The molecule has 0 amide bonds. The van der Waals surface area contributed by atoms with Gasteiger partial charge in [0, 0.05) is 6.42 Å². The van der Waals surface area contributed by atoms with Gasteiger partial charge in [-0.15, -0.1) is 0 Å². The summed E-state index contributed by atoms with van der Waals surface area (Å²) in [4.78, 5) is 11.2. The maximum atomic E-state index is 11.2. The number of rotatable bonds is 6. The van der Waals surface area contributed by atoms with E-state index >= 15 is 0 Å². The van der Waals surface area contributed by atoms with Crippen LogP contribution in [0, 0.1) is 0 Å². The molecule has 0 fully saturated rings. The van der Waals surface area contributed by atoms with Gasteiger partial charge in [0.25, 0.3) is 0 Å². The van der Waals surface area contributed by atoms with Crippen LogP contribution in [0.15, 0.2) is 18.2 Å². The highest BCUT2D eigenvalue weighted by Crippen LogP contribution is 2.24. The summed E-state index contributed by atoms with van der Waals surface area (Å²) in [5.41, 5.74) is 0.698. The first kappa shape index (κ1) is 13.4. The summed E-state index contributed by atoms with van der Waals surface area (Å²) < 4.78 is 10.2. The van der Waals surface area contributed by atoms with Crippen LogP contribution in [0.3, 0.4) is 0 Å². The second kappa shape index (κ2) is 6.78. The van der Waals surface area contributed by atoms with Gasteiger partial charge < -0.3 is 14.6 Å². The minimum Gasteiger partial charge on any atom is -0.508 e. The Hall–Kier alpha value is -1.71. The van der Waals surface area contributed by atoms with Crippen LogP contribution in [0.4, 0.5) is 0 Å². The van der Waals surface area contributed by atoms with Gasteiger partial charge in [-0.2, -0.15) is 0 Å². The number of aromatic hydroxyl groups is 1. The first-order valence-corrected chi connectivity index (χ1v) is 5.77. The lowest BCUT2D eigenvalue weighted by Gasteiger charge is -2.08. The number of carbonyl (C=O) groups excluding carboxylic acids is 1. The van der Waals surface area contributed by atoms with Gasteiger partial charge in [-0.05, 0) is 44.0 Å². The van der Waals surface area contributed by atoms with Crippen LogP contribution >= 0.6 is 0 Å². The molecule has 1 aromatic rings. The lowest BCUT2D eigenvalue weighted by molar-refractivity contribution is -0.143. The van der Waals surface area contributed by atoms with E-state index in [1.807, 2.05) is 6.92 Å². The molecule has 0 aliphatic heterocycles. The highest BCUT2D eigenvalue weighted by molar-refractivity contribution is 5.69. The Kier molecular flexibility index (Phi) is 5.33. The monoisotopic (exact) mass is 238 g/mol. The van der Waals surface area contributed by atoms with Crippen LogP contribution in [0.1, 0.15) is 25.8 Å². The average molecular weight is 238 g/mol. The zero-order valence-electron chi connectivity index (χ0n) is 10.2. The number of aryl methyl sites for hydroxylation is 1. The summed E-state index contributed by atoms with van der Waals surface area (Å²) in [7, 11) is 0. The van der Waals surface area contributed by atoms with Crippen molar-refractivity contribution < 1.29 is 19.4 Å². The van der Waals surface area contributed by atoms with E-state index in [0.717, 1.165) is 0 Å². The van der Waals surface area contributed by atoms with Gasteiger partial charge in [0.1, 0.15) is 11.5 Å². The maximum Gasteiger partial charge on any atom is 0.306 e. The molecule has 0 atom stereocenters. The summed E-state index contributed by atoms with van der Waals surface area (Å²) in [6.45, 7) is 4.61. The third-order valence-electron chi connectivity index (χ3n) is 2.27. The van der Waals surface area contributed by atoms with E-state index in [0.29, 0.717) is 30.9 Å². The number of carbonyl (C=O) groups is 1. The molecule has 0 radical (unpaired) electrons. The minimum absolute atomic E-state index is 0.178. The number of phenols is 1. The van der Waals surface area contributed by atoms with E-state index in [9.17, 15) is 9.90 Å². The van der Waals surface area contributed by atoms with Gasteiger partial charge >= 0.3 is 5.97 Å². The molecule has 0 saturated carbocycles. The van der Waals surface area contributed by atoms with Crippen LogP contribution in [-0.4, -0.2) is 24.3 Å². The lowest BCUT2D eigenvalue weighted by Crippen LogP contribution is -2.05. The first-order valence-electron chi connectivity index (χ1n) is 5.77. The van der Waals surface area contributed by atoms with Gasteiger partial charge in [-0.25, -0.2) is 0 Å². The molecule has 0 saturated heterocycles. The molecule has 0 aliphatic carbocycles. The Morgan fingerprint density at radius 2 is 2.06 bits per heavy atom. The van der Waals surface area contributed by atoms with E-state index < -0.39 is 0 Å². The van der Waals surface area contributed by atoms with E-state index in [-0.39, 0.29) is 18.1 Å². The number of hydrogen-bond donors (Lipinski definition) is 1. The van der Waals surface area contributed by atoms with Gasteiger partial charge in [-0.1, -0.05) is 0 Å². The average Bonchev–Trinajstić information content (AvgIpc) is 2.30. The second-order valence-electron chi connectivity index (χ2n) is 3.53. The number of phenolic OH excluding ortho intramolecular Hbond substituents is 1. The van der Waals surface area contributed by atoms with Crippen molar-refractivity contribution in [2.75, 3.05) is 13.2 Å². The number of benzene rings is 1. The fourth-order valence-electron chi connectivity index (χ4n) is 1.49. The molecule has 0 bridgehead atoms. The molecular formula is C13H18O4. The van der Waals surface area contributed by atoms with Crippen molar-refractivity contribution in [2.24, 2.45) is 0 Å². The van der Waals surface area contributed by atoms with E-state index in [4.69, 9.17) is 9.47 Å². The Morgan fingerprint density at radius 3 is 2.71 bits per heavy atom. The minimum atomic E-state index is -0.256. The van der Waals surface area contributed by atoms with Crippen LogP contribution in [0.2, 0.25) is 0 Å². The molecule has 1 N–H and O–H groups in total. The van der Waals surface area contributed by atoms with Gasteiger partial charge in [-0.3, -0.25) is 4.79 Å². The Balaban J connectivity index is 2.62. The quantitative estimate of drug-likeness (QED) is 0.772. The normalized spacial score (nSPS) is 10.0. The first-order chi connectivity index (χ1) is 8.17. The highest BCUT2D eigenvalue weighted by Gasteiger charge is 2.07. The summed E-state index contributed by atoms with van der Waals surface area (Å²) >= 11 is 0. The van der Waals surface area contributed by atoms with Crippen molar-refractivity contribution in [2.45, 2.75) is 26.7 Å². The summed E-state index contributed by atoms with van der Waals surface area (Å²) in [5.74, 6) is 0.621. The Morgan fingerprint density at radius 1 is 1.29 bits per heavy atom. The Bertz CT molecular complexity index is 374. The summed E-state index contributed by atoms with van der Waals surface area (Å²) in [6, 6.07) is 5.02. The van der Waals surface area contributed by atoms with Crippen molar-refractivity contribution in [1.82, 2.24) is 0 Å². The molecule has 4 nitrogen and oxygen atoms in total. The predicted octanol–water partition coefficient (Wildman–Crippen LogP) is 2.29. The molecule has 0 aromatic heterocycles. The summed E-state index contributed by atoms with van der Waals surface area (Å²) in [5, 5.41) is 9.64. The van der Waals surface area contributed by atoms with Crippen LogP contribution in [0.25, 0.3) is 0 Å². The van der Waals surface area contributed by atoms with Crippen molar-refractivity contribution in [3.05, 3.63) is 23.8 Å². The molecule has 0 aliphatic rings. The van der Waals surface area contributed by atoms with Crippen molar-refractivity contribution in [3.8, 4) is 11.5 Å². The van der Waals surface area contributed by atoms with Crippen LogP contribution in [0.5, 0.6) is 11.5 Å². The molecule has 1 aromatic carbocycles. The zero-order valence-corrected chi connectivity index (χ0v) is 10.2. The third-order valence-corrected chi connectivity index (χ3v) is 2.27. The molecule has 94 valence electrons. The largest absolute Gasteiger partial charge is 0.508 e. The SMILES string of the molecule is CCOC(=O)CCc1cc(OCC)ccc1O. The maximum absolute atomic E-state index is 11.2. The molecule has 0 spiro atoms. The number of ether oxygens (including phenoxy) is 2. The standard InChI is InChI=1S/C13H18O4/c1-3-16-11-6-7-12(14)10(9-11)5-8-13(15)17-4-2/h6-7,9,14H,3-5,8H2,1-2H3. The van der Waals surface area contributed by atoms with E-state index in [1.165, 1.54) is 0 Å². The molecule has 0 unspecified atom stereocenters. The third kappa shape index (κ3) is 4.34. The van der Waals surface area contributed by atoms with Crippen molar-refractivity contribution in [3.63, 3.8) is 0 Å². The molecule has 0 heterocycles. The van der Waals surface area contributed by atoms with Crippen molar-refractivity contribution in [1.29, 1.82) is 0 Å². The predicted molar refractivity (Wildman–Crippen MR) is 64.2 cm³/mol. The van der Waals surface area contributed by atoms with E-state index in [2.05, 4.69) is 0 Å². The molecule has 4 heteroatoms. The molecular weight excluding hydrogens is 220 g/mol. The van der Waals surface area contributed by atoms with Gasteiger partial charge in [0.15, 0.2) is 0 Å². The molecule has 1 rings (SSSR count). The smallest absolute Gasteiger partial charge is 0.306 e.